The molecule has 0 fully saturated rings. The van der Waals surface area contributed by atoms with Gasteiger partial charge in [0.15, 0.2) is 0 Å². The number of carbonyl (C=O) groups excluding carboxylic acids is 1. The molecule has 0 radical (unpaired) electrons. The molecule has 0 heterocycles. The summed E-state index contributed by atoms with van der Waals surface area (Å²) in [7, 11) is 1.81. The average molecular weight is 339 g/mol. The molecule has 0 aliphatic heterocycles. The van der Waals surface area contributed by atoms with Crippen LogP contribution in [0.25, 0.3) is 0 Å². The summed E-state index contributed by atoms with van der Waals surface area (Å²) < 4.78 is 0. The van der Waals surface area contributed by atoms with Gasteiger partial charge in [0.25, 0.3) is 0 Å². The number of halogens is 3. The number of hydrogen-bond donors (Lipinski definition) is 0. The van der Waals surface area contributed by atoms with Crippen LogP contribution in [0.4, 0.5) is 0 Å². The molecule has 2 nitrogen and oxygen atoms in total. The van der Waals surface area contributed by atoms with Crippen LogP contribution in [0.2, 0.25) is 10.0 Å². The van der Waals surface area contributed by atoms with E-state index in [1.165, 1.54) is 0 Å². The molecule has 0 saturated carbocycles. The zero-order chi connectivity index (χ0) is 12.8. The molecular formula is C12H14BrCl2NO. The zero-order valence-electron chi connectivity index (χ0n) is 9.55. The maximum absolute atomic E-state index is 11.8. The summed E-state index contributed by atoms with van der Waals surface area (Å²) in [6.07, 6.45) is 1.30. The first-order chi connectivity index (χ1) is 8.04. The smallest absolute Gasteiger partial charge is 0.226 e. The number of hydrogen-bond acceptors (Lipinski definition) is 1. The first-order valence-corrected chi connectivity index (χ1v) is 7.16. The van der Waals surface area contributed by atoms with Crippen LogP contribution in [-0.4, -0.2) is 29.7 Å². The molecule has 0 spiro atoms. The van der Waals surface area contributed by atoms with Crippen molar-refractivity contribution < 1.29 is 4.79 Å². The topological polar surface area (TPSA) is 20.3 Å². The van der Waals surface area contributed by atoms with Crippen molar-refractivity contribution >= 4 is 45.0 Å². The Balaban J connectivity index is 2.58. The number of carbonyl (C=O) groups is 1. The number of likely N-dealkylation sites (N-methyl/N-ethyl adjacent to an activating group) is 1. The second-order valence-electron chi connectivity index (χ2n) is 3.78. The van der Waals surface area contributed by atoms with Crippen LogP contribution in [0, 0.1) is 0 Å². The van der Waals surface area contributed by atoms with Gasteiger partial charge in [-0.2, -0.15) is 0 Å². The van der Waals surface area contributed by atoms with Crippen LogP contribution in [0.5, 0.6) is 0 Å². The summed E-state index contributed by atoms with van der Waals surface area (Å²) >= 11 is 15.1. The highest BCUT2D eigenvalue weighted by Gasteiger charge is 2.10. The highest BCUT2D eigenvalue weighted by Crippen LogP contribution is 2.22. The quantitative estimate of drug-likeness (QED) is 0.748. The Labute approximate surface area is 120 Å². The van der Waals surface area contributed by atoms with Crippen molar-refractivity contribution in [2.75, 3.05) is 18.9 Å². The predicted octanol–water partition coefficient (Wildman–Crippen LogP) is 3.78. The van der Waals surface area contributed by atoms with Crippen molar-refractivity contribution in [2.45, 2.75) is 12.8 Å². The largest absolute Gasteiger partial charge is 0.345 e. The second kappa shape index (κ2) is 7.24. The first-order valence-electron chi connectivity index (χ1n) is 5.28. The van der Waals surface area contributed by atoms with E-state index in [1.54, 1.807) is 17.0 Å². The summed E-state index contributed by atoms with van der Waals surface area (Å²) in [5, 5.41) is 1.90. The molecule has 1 aromatic carbocycles. The Morgan fingerprint density at radius 2 is 2.06 bits per heavy atom. The highest BCUT2D eigenvalue weighted by molar-refractivity contribution is 9.09. The van der Waals surface area contributed by atoms with E-state index in [9.17, 15) is 4.79 Å². The minimum absolute atomic E-state index is 0.0874. The number of alkyl halides is 1. The summed E-state index contributed by atoms with van der Waals surface area (Å²) in [6.45, 7) is 0.755. The lowest BCUT2D eigenvalue weighted by Gasteiger charge is -2.16. The normalized spacial score (nSPS) is 10.4. The third-order valence-corrected chi connectivity index (χ3v) is 3.69. The lowest BCUT2D eigenvalue weighted by molar-refractivity contribution is -0.129. The van der Waals surface area contributed by atoms with Crippen LogP contribution >= 0.6 is 39.1 Å². The fourth-order valence-corrected chi connectivity index (χ4v) is 1.95. The van der Waals surface area contributed by atoms with Gasteiger partial charge in [-0.1, -0.05) is 45.2 Å². The number of nitrogens with zero attached hydrogens (tertiary/aromatic N) is 1. The Kier molecular flexibility index (Phi) is 6.31. The molecule has 5 heteroatoms. The number of benzene rings is 1. The first kappa shape index (κ1) is 14.8. The van der Waals surface area contributed by atoms with Crippen molar-refractivity contribution in [1.29, 1.82) is 0 Å². The standard InChI is InChI=1S/C12H14BrCl2NO/c1-16(6-2-5-13)12(17)8-9-3-4-10(14)11(15)7-9/h3-4,7H,2,5-6,8H2,1H3. The van der Waals surface area contributed by atoms with Crippen molar-refractivity contribution in [3.8, 4) is 0 Å². The Morgan fingerprint density at radius 1 is 1.35 bits per heavy atom. The molecule has 0 aromatic heterocycles. The van der Waals surface area contributed by atoms with Crippen LogP contribution < -0.4 is 0 Å². The van der Waals surface area contributed by atoms with E-state index < -0.39 is 0 Å². The van der Waals surface area contributed by atoms with Gasteiger partial charge in [-0.25, -0.2) is 0 Å². The number of amides is 1. The molecule has 0 bridgehead atoms. The van der Waals surface area contributed by atoms with Crippen LogP contribution in [-0.2, 0) is 11.2 Å². The van der Waals surface area contributed by atoms with Gasteiger partial charge in [0, 0.05) is 18.9 Å². The van der Waals surface area contributed by atoms with Crippen molar-refractivity contribution in [3.63, 3.8) is 0 Å². The maximum Gasteiger partial charge on any atom is 0.226 e. The Bertz CT molecular complexity index is 398. The van der Waals surface area contributed by atoms with E-state index in [4.69, 9.17) is 23.2 Å². The minimum atomic E-state index is 0.0874. The van der Waals surface area contributed by atoms with Crippen molar-refractivity contribution in [3.05, 3.63) is 33.8 Å². The average Bonchev–Trinajstić information content (AvgIpc) is 2.30. The summed E-state index contributed by atoms with van der Waals surface area (Å²) in [6, 6.07) is 5.27. The molecule has 0 aliphatic rings. The fraction of sp³-hybridized carbons (Fsp3) is 0.417. The molecule has 94 valence electrons. The molecule has 1 amide bonds. The zero-order valence-corrected chi connectivity index (χ0v) is 12.6. The van der Waals surface area contributed by atoms with E-state index in [2.05, 4.69) is 15.9 Å². The van der Waals surface area contributed by atoms with E-state index in [0.717, 1.165) is 23.9 Å². The SMILES string of the molecule is CN(CCCBr)C(=O)Cc1ccc(Cl)c(Cl)c1. The second-order valence-corrected chi connectivity index (χ2v) is 5.39. The molecule has 0 N–H and O–H groups in total. The van der Waals surface area contributed by atoms with E-state index in [1.807, 2.05) is 13.1 Å². The van der Waals surface area contributed by atoms with Gasteiger partial charge in [0.05, 0.1) is 16.5 Å². The number of rotatable bonds is 5. The molecule has 0 aliphatic carbocycles. The van der Waals surface area contributed by atoms with Gasteiger partial charge in [0.2, 0.25) is 5.91 Å². The highest BCUT2D eigenvalue weighted by atomic mass is 79.9. The van der Waals surface area contributed by atoms with Gasteiger partial charge in [-0.3, -0.25) is 4.79 Å². The summed E-state index contributed by atoms with van der Waals surface area (Å²) in [5.41, 5.74) is 0.884. The maximum atomic E-state index is 11.8. The van der Waals surface area contributed by atoms with Gasteiger partial charge in [-0.05, 0) is 24.1 Å². The third-order valence-electron chi connectivity index (χ3n) is 2.39. The monoisotopic (exact) mass is 337 g/mol. The van der Waals surface area contributed by atoms with Crippen LogP contribution in [0.15, 0.2) is 18.2 Å². The van der Waals surface area contributed by atoms with Gasteiger partial charge in [0.1, 0.15) is 0 Å². The van der Waals surface area contributed by atoms with Gasteiger partial charge < -0.3 is 4.90 Å². The molecule has 0 atom stereocenters. The molecule has 1 rings (SSSR count). The lowest BCUT2D eigenvalue weighted by Crippen LogP contribution is -2.29. The minimum Gasteiger partial charge on any atom is -0.345 e. The summed E-state index contributed by atoms with van der Waals surface area (Å²) in [4.78, 5) is 13.6. The van der Waals surface area contributed by atoms with Gasteiger partial charge in [-0.15, -0.1) is 0 Å². The summed E-state index contributed by atoms with van der Waals surface area (Å²) in [5.74, 6) is 0.0874. The van der Waals surface area contributed by atoms with E-state index in [-0.39, 0.29) is 5.91 Å². The fourth-order valence-electron chi connectivity index (χ4n) is 1.38. The lowest BCUT2D eigenvalue weighted by atomic mass is 10.1. The molecule has 0 saturated heterocycles. The molecular weight excluding hydrogens is 325 g/mol. The predicted molar refractivity (Wildman–Crippen MR) is 76.2 cm³/mol. The Morgan fingerprint density at radius 3 is 2.65 bits per heavy atom. The van der Waals surface area contributed by atoms with Crippen LogP contribution in [0.1, 0.15) is 12.0 Å². The molecule has 0 unspecified atom stereocenters. The van der Waals surface area contributed by atoms with E-state index in [0.29, 0.717) is 16.5 Å². The third kappa shape index (κ3) is 4.86. The van der Waals surface area contributed by atoms with Crippen LogP contribution in [0.3, 0.4) is 0 Å². The van der Waals surface area contributed by atoms with Crippen molar-refractivity contribution in [2.24, 2.45) is 0 Å². The van der Waals surface area contributed by atoms with Crippen molar-refractivity contribution in [1.82, 2.24) is 4.90 Å². The Hall–Kier alpha value is -0.250. The van der Waals surface area contributed by atoms with Gasteiger partial charge >= 0.3 is 0 Å². The van der Waals surface area contributed by atoms with E-state index >= 15 is 0 Å². The molecule has 1 aromatic rings. The molecule has 17 heavy (non-hydrogen) atoms.